The molecule has 0 fully saturated rings. The molecule has 2 rings (SSSR count). The monoisotopic (exact) mass is 2250 g/mol. The second-order valence-electron chi connectivity index (χ2n) is 10.9. The van der Waals surface area contributed by atoms with Crippen LogP contribution in [0.3, 0.4) is 0 Å². The SMILES string of the molecule is S=S=S=S=S=S=S=S=S=S=S=S=S=S=S=S=S=S=S=S=S=S=S=S=S=S=S=S=S=S=S=S=S=S=S=S=S=S=S=S=S=S=S=S=S=S=S=S=S=S=S=S=S=S=S=S=S=S=S=S=S=S=S.[2H]c1c([2H])c2c(c(N)c1N)C(C)(C)C(C)(C)C2(C)C. The van der Waals surface area contributed by atoms with E-state index in [2.05, 4.69) is 41.5 Å². The van der Waals surface area contributed by atoms with E-state index in [9.17, 15) is 0 Å². The topological polar surface area (TPSA) is 52.0 Å². The molecular formula is C15H24N2S63. The Morgan fingerprint density at radius 1 is 0.263 bits per heavy atom. The first-order valence-electron chi connectivity index (χ1n) is 17.4. The molecule has 0 saturated carbocycles. The smallest absolute Gasteiger partial charge is 0.0645 e. The van der Waals surface area contributed by atoms with Gasteiger partial charge in [-0.2, -0.15) is 0 Å². The van der Waals surface area contributed by atoms with Crippen molar-refractivity contribution in [1.29, 1.82) is 0 Å². The second kappa shape index (κ2) is 67.5. The molecule has 0 bridgehead atoms. The van der Waals surface area contributed by atoms with Crippen LogP contribution < -0.4 is 11.5 Å². The van der Waals surface area contributed by atoms with Crippen molar-refractivity contribution in [2.24, 2.45) is 5.41 Å². The summed E-state index contributed by atoms with van der Waals surface area (Å²) in [5, 5.41) is 0. The van der Waals surface area contributed by atoms with Crippen LogP contribution in [0.2, 0.25) is 0 Å². The summed E-state index contributed by atoms with van der Waals surface area (Å²) < 4.78 is 16.3. The van der Waals surface area contributed by atoms with Crippen LogP contribution in [0.4, 0.5) is 11.4 Å². The van der Waals surface area contributed by atoms with Crippen molar-refractivity contribution in [3.05, 3.63) is 23.2 Å². The van der Waals surface area contributed by atoms with Crippen LogP contribution >= 0.6 is 0 Å². The maximum absolute atomic E-state index is 8.30. The highest BCUT2D eigenvalue weighted by molar-refractivity contribution is 8.83. The van der Waals surface area contributed by atoms with Gasteiger partial charge in [-0.05, 0) is 33.4 Å². The zero-order chi connectivity index (χ0) is 60.1. The fourth-order valence-electron chi connectivity index (χ4n) is 3.72. The molecule has 2 nitrogen and oxygen atoms in total. The number of hydrogen-bond acceptors (Lipinski definition) is 4. The third-order valence-electron chi connectivity index (χ3n) is 7.17. The Bertz CT molecular complexity index is 5280. The summed E-state index contributed by atoms with van der Waals surface area (Å²) in [6.07, 6.45) is 0. The first-order valence-corrected chi connectivity index (χ1v) is 99.1. The van der Waals surface area contributed by atoms with Gasteiger partial charge < -0.3 is 11.5 Å². The highest BCUT2D eigenvalue weighted by atomic mass is 33.5. The third-order valence-corrected chi connectivity index (χ3v) is 141. The Labute approximate surface area is 652 Å². The Hall–Kier alpha value is 12.7. The molecule has 0 spiro atoms. The lowest BCUT2D eigenvalue weighted by molar-refractivity contribution is 0.125. The highest BCUT2D eigenvalue weighted by Gasteiger charge is 2.57. The number of benzene rings is 1. The van der Waals surface area contributed by atoms with Gasteiger partial charge in [0.15, 0.2) is 0 Å². The van der Waals surface area contributed by atoms with Gasteiger partial charge in [0.2, 0.25) is 0 Å². The van der Waals surface area contributed by atoms with Gasteiger partial charge in [0, 0.05) is 564 Å². The lowest BCUT2D eigenvalue weighted by Crippen LogP contribution is -2.42. The fraction of sp³-hybridized carbons (Fsp3) is 0.600. The van der Waals surface area contributed by atoms with E-state index in [-0.39, 0.29) is 34.0 Å². The van der Waals surface area contributed by atoms with Gasteiger partial charge in [-0.25, -0.2) is 0 Å². The largest absolute Gasteiger partial charge is 0.397 e. The normalized spacial score (nSPS) is 11.5. The Kier molecular flexibility index (Phi) is 73.3. The summed E-state index contributed by atoms with van der Waals surface area (Å²) in [7, 11) is 110. The van der Waals surface area contributed by atoms with E-state index in [1.54, 1.807) is 107 Å². The molecule has 0 radical (unpaired) electrons. The van der Waals surface area contributed by atoms with Crippen LogP contribution in [0, 0.1) is 5.41 Å². The molecule has 1 aliphatic rings. The number of hydrogen-bond donors (Lipinski definition) is 2. The summed E-state index contributed by atoms with van der Waals surface area (Å²) in [5.41, 5.74) is 14.2. The summed E-state index contributed by atoms with van der Waals surface area (Å²) in [6.45, 7) is 13.0. The Morgan fingerprint density at radius 3 is 0.562 bits per heavy atom. The van der Waals surface area contributed by atoms with Crippen molar-refractivity contribution >= 4 is 575 Å². The van der Waals surface area contributed by atoms with Crippen LogP contribution in [0.15, 0.2) is 12.1 Å². The molecule has 0 aromatic heterocycles. The van der Waals surface area contributed by atoms with Crippen LogP contribution in [-0.2, 0) is 575 Å². The van der Waals surface area contributed by atoms with Crippen molar-refractivity contribution in [3.8, 4) is 0 Å². The molecule has 0 heterocycles. The fourth-order valence-corrected chi connectivity index (χ4v) is 166. The van der Waals surface area contributed by atoms with E-state index in [0.29, 0.717) is 5.69 Å². The lowest BCUT2D eigenvalue weighted by atomic mass is 9.59. The maximum atomic E-state index is 8.30. The van der Waals surface area contributed by atoms with Crippen LogP contribution in [0.25, 0.3) is 0 Å². The van der Waals surface area contributed by atoms with E-state index < -0.39 is 0 Å². The van der Waals surface area contributed by atoms with E-state index in [1.165, 1.54) is 17.8 Å². The summed E-state index contributed by atoms with van der Waals surface area (Å²) >= 11 is 9.64. The lowest BCUT2D eigenvalue weighted by Gasteiger charge is -2.44. The number of nitrogens with two attached hydrogens (primary N) is 2. The van der Waals surface area contributed by atoms with Crippen molar-refractivity contribution in [2.75, 3.05) is 11.5 Å². The van der Waals surface area contributed by atoms with Crippen molar-refractivity contribution in [2.45, 2.75) is 52.4 Å². The quantitative estimate of drug-likeness (QED) is 0.393. The second-order valence-corrected chi connectivity index (χ2v) is 119. The van der Waals surface area contributed by atoms with Gasteiger partial charge in [-0.3, -0.25) is 0 Å². The summed E-state index contributed by atoms with van der Waals surface area (Å²) in [5.74, 6) is 0. The van der Waals surface area contributed by atoms with Crippen LogP contribution in [0.1, 0.15) is 55.4 Å². The molecule has 4 N–H and O–H groups in total. The number of anilines is 2. The molecule has 0 aliphatic heterocycles. The predicted molar refractivity (Wildman–Crippen MR) is 539 cm³/mol. The minimum absolute atomic E-state index is 0.0535. The molecule has 0 amide bonds. The maximum Gasteiger partial charge on any atom is 0.0645 e. The van der Waals surface area contributed by atoms with Crippen molar-refractivity contribution in [1.82, 2.24) is 0 Å². The Balaban J connectivity index is 0.00000147. The van der Waals surface area contributed by atoms with Gasteiger partial charge >= 0.3 is 0 Å². The molecule has 1 aliphatic carbocycles. The summed E-state index contributed by atoms with van der Waals surface area (Å²) in [4.78, 5) is 0. The average Bonchev–Trinajstić information content (AvgIpc) is 2.13. The van der Waals surface area contributed by atoms with Crippen LogP contribution in [-0.4, -0.2) is 0 Å². The third kappa shape index (κ3) is 50.9. The van der Waals surface area contributed by atoms with Crippen molar-refractivity contribution in [3.63, 3.8) is 0 Å². The molecular weight excluding hydrogens is 2230 g/mol. The van der Waals surface area contributed by atoms with Crippen LogP contribution in [0.5, 0.6) is 0 Å². The molecule has 1 aromatic rings. The van der Waals surface area contributed by atoms with Gasteiger partial charge in [-0.15, -0.1) is 0 Å². The minimum atomic E-state index is -0.222. The Morgan fingerprint density at radius 2 is 0.412 bits per heavy atom. The van der Waals surface area contributed by atoms with E-state index in [0.717, 1.165) is 11.1 Å². The number of rotatable bonds is 0. The standard InChI is InChI=1S/C15H24N2.S63/c1-13(2)9-7-8-10(16)12(17)11(9)14(3,4)15(13,5)6;1-3-5-7-9-11-13-15-17-19-21-23-25-27-29-31-33-35-37-39-41-43-45-47-49-51-53-55-57-59-61-63-62-60-58-56-54-52-50-48-46-44-42-40-38-36-34-32-30-28-26-24-22-20-18-16-14-12-10-8-6-4-2/h7-8H,16-17H2,1-6H3;/i7D,8D;. The minimum Gasteiger partial charge on any atom is -0.397 e. The first-order chi connectivity index (χ1) is 39.8. The molecule has 0 unspecified atom stereocenters. The molecule has 0 atom stereocenters. The zero-order valence-corrected chi connectivity index (χ0v) is 88.8. The average molecular weight is 2250 g/mol. The predicted octanol–water partition coefficient (Wildman–Crippen LogP) is 3.29. The van der Waals surface area contributed by atoms with Crippen molar-refractivity contribution < 1.29 is 2.74 Å². The molecule has 472 valence electrons. The van der Waals surface area contributed by atoms with E-state index in [4.69, 9.17) is 36.6 Å². The highest BCUT2D eigenvalue weighted by Crippen LogP contribution is 2.63. The zero-order valence-electron chi connectivity index (χ0n) is 39.4. The molecule has 1 aromatic carbocycles. The molecule has 0 saturated heterocycles. The van der Waals surface area contributed by atoms with Gasteiger partial charge in [0.25, 0.3) is 0 Å². The van der Waals surface area contributed by atoms with E-state index in [1.807, 2.05) is 417 Å². The number of nitrogen functional groups attached to an aromatic ring is 2. The number of fused-ring (bicyclic) bond motifs is 1. The summed E-state index contributed by atoms with van der Waals surface area (Å²) in [6, 6.07) is 0.281. The molecule has 65 heteroatoms. The first kappa shape index (κ1) is 86.9. The van der Waals surface area contributed by atoms with E-state index >= 15 is 0 Å². The van der Waals surface area contributed by atoms with Gasteiger partial charge in [-0.1, -0.05) is 47.6 Å². The van der Waals surface area contributed by atoms with Gasteiger partial charge in [0.1, 0.15) is 0 Å². The molecule has 80 heavy (non-hydrogen) atoms. The van der Waals surface area contributed by atoms with Gasteiger partial charge in [0.05, 0.1) is 14.1 Å².